The number of ether oxygens (including phenoxy) is 1. The van der Waals surface area contributed by atoms with E-state index in [0.29, 0.717) is 6.42 Å². The van der Waals surface area contributed by atoms with E-state index in [9.17, 15) is 4.79 Å². The van der Waals surface area contributed by atoms with E-state index in [1.807, 2.05) is 59.6 Å². The van der Waals surface area contributed by atoms with Crippen LogP contribution in [-0.2, 0) is 18.3 Å². The first-order valence-electron chi connectivity index (χ1n) is 7.60. The third-order valence-electron chi connectivity index (χ3n) is 3.79. The number of hydrogen-bond donors (Lipinski definition) is 1. The molecule has 0 saturated carbocycles. The average Bonchev–Trinajstić information content (AvgIpc) is 3.24. The normalized spacial score (nSPS) is 11.9. The van der Waals surface area contributed by atoms with Gasteiger partial charge in [0, 0.05) is 24.3 Å². The number of rotatable bonds is 6. The summed E-state index contributed by atoms with van der Waals surface area (Å²) in [6.07, 6.45) is 3.98. The van der Waals surface area contributed by atoms with E-state index in [-0.39, 0.29) is 11.9 Å². The Balaban J connectivity index is 1.84. The molecule has 0 bridgehead atoms. The monoisotopic (exact) mass is 341 g/mol. The summed E-state index contributed by atoms with van der Waals surface area (Å²) < 4.78 is 7.12. The summed E-state index contributed by atoms with van der Waals surface area (Å²) in [6, 6.07) is 11.3. The summed E-state index contributed by atoms with van der Waals surface area (Å²) >= 11 is 1.58. The van der Waals surface area contributed by atoms with Crippen molar-refractivity contribution in [1.29, 1.82) is 0 Å². The van der Waals surface area contributed by atoms with Crippen LogP contribution < -0.4 is 10.1 Å². The van der Waals surface area contributed by atoms with Gasteiger partial charge in [-0.3, -0.25) is 4.79 Å². The Kier molecular flexibility index (Phi) is 4.96. The molecule has 24 heavy (non-hydrogen) atoms. The van der Waals surface area contributed by atoms with Crippen molar-refractivity contribution in [1.82, 2.24) is 14.9 Å². The van der Waals surface area contributed by atoms with Crippen LogP contribution in [0.15, 0.2) is 54.2 Å². The molecule has 0 aliphatic heterocycles. The van der Waals surface area contributed by atoms with Crippen LogP contribution in [0.3, 0.4) is 0 Å². The smallest absolute Gasteiger partial charge is 0.226 e. The molecule has 0 fully saturated rings. The summed E-state index contributed by atoms with van der Waals surface area (Å²) in [5, 5.41) is 5.07. The molecule has 0 unspecified atom stereocenters. The molecule has 0 aliphatic rings. The summed E-state index contributed by atoms with van der Waals surface area (Å²) in [5.41, 5.74) is 0.963. The molecule has 2 heterocycles. The summed E-state index contributed by atoms with van der Waals surface area (Å²) in [4.78, 5) is 17.9. The number of amides is 1. The molecule has 1 aromatic carbocycles. The lowest BCUT2D eigenvalue weighted by Gasteiger charge is -2.19. The molecule has 0 spiro atoms. The predicted molar refractivity (Wildman–Crippen MR) is 94.2 cm³/mol. The molecular weight excluding hydrogens is 322 g/mol. The second kappa shape index (κ2) is 7.31. The molecule has 0 saturated heterocycles. The van der Waals surface area contributed by atoms with Gasteiger partial charge in [0.15, 0.2) is 0 Å². The minimum absolute atomic E-state index is 0.0266. The Morgan fingerprint density at radius 3 is 2.71 bits per heavy atom. The minimum Gasteiger partial charge on any atom is -0.497 e. The molecule has 3 aromatic rings. The Morgan fingerprint density at radius 2 is 2.12 bits per heavy atom. The van der Waals surface area contributed by atoms with Gasteiger partial charge in [-0.25, -0.2) is 4.98 Å². The van der Waals surface area contributed by atoms with Crippen molar-refractivity contribution in [3.63, 3.8) is 0 Å². The maximum absolute atomic E-state index is 12.5. The Bertz CT molecular complexity index is 794. The fraction of sp³-hybridized carbons (Fsp3) is 0.222. The van der Waals surface area contributed by atoms with E-state index >= 15 is 0 Å². The number of nitrogens with zero attached hydrogens (tertiary/aromatic N) is 2. The maximum Gasteiger partial charge on any atom is 0.226 e. The van der Waals surface area contributed by atoms with Crippen molar-refractivity contribution in [2.75, 3.05) is 7.11 Å². The number of carbonyl (C=O) groups excluding carboxylic acids is 1. The summed E-state index contributed by atoms with van der Waals surface area (Å²) in [6.45, 7) is 0. The second-order valence-corrected chi connectivity index (χ2v) is 6.46. The van der Waals surface area contributed by atoms with E-state index in [4.69, 9.17) is 4.74 Å². The van der Waals surface area contributed by atoms with Gasteiger partial charge in [0.05, 0.1) is 13.5 Å². The highest BCUT2D eigenvalue weighted by molar-refractivity contribution is 7.10. The van der Waals surface area contributed by atoms with Crippen LogP contribution in [0.4, 0.5) is 0 Å². The Morgan fingerprint density at radius 1 is 1.33 bits per heavy atom. The van der Waals surface area contributed by atoms with Gasteiger partial charge in [-0.2, -0.15) is 0 Å². The molecule has 124 valence electrons. The van der Waals surface area contributed by atoms with E-state index in [0.717, 1.165) is 22.0 Å². The van der Waals surface area contributed by atoms with Gasteiger partial charge in [-0.15, -0.1) is 11.3 Å². The number of hydrogen-bond acceptors (Lipinski definition) is 4. The standard InChI is InChI=1S/C18H19N3O2S/c1-21-10-9-19-18(21)17(13-5-7-14(23-2)8-6-13)20-16(22)12-15-4-3-11-24-15/h3-11,17H,12H2,1-2H3,(H,20,22)/t17-/m0/s1. The van der Waals surface area contributed by atoms with Crippen LogP contribution in [-0.4, -0.2) is 22.6 Å². The predicted octanol–water partition coefficient (Wildman–Crippen LogP) is 2.94. The first-order valence-corrected chi connectivity index (χ1v) is 8.48. The van der Waals surface area contributed by atoms with Gasteiger partial charge in [-0.1, -0.05) is 18.2 Å². The number of benzene rings is 1. The number of aromatic nitrogens is 2. The highest BCUT2D eigenvalue weighted by atomic mass is 32.1. The maximum atomic E-state index is 12.5. The van der Waals surface area contributed by atoms with Crippen LogP contribution in [0.2, 0.25) is 0 Å². The lowest BCUT2D eigenvalue weighted by Crippen LogP contribution is -2.32. The van der Waals surface area contributed by atoms with Crippen molar-refractivity contribution in [2.24, 2.45) is 7.05 Å². The molecule has 3 rings (SSSR count). The van der Waals surface area contributed by atoms with Crippen molar-refractivity contribution in [3.05, 3.63) is 70.4 Å². The first-order chi connectivity index (χ1) is 11.7. The SMILES string of the molecule is COc1ccc([C@H](NC(=O)Cc2cccs2)c2nccn2C)cc1. The van der Waals surface area contributed by atoms with Crippen molar-refractivity contribution < 1.29 is 9.53 Å². The van der Waals surface area contributed by atoms with E-state index in [1.54, 1.807) is 24.6 Å². The number of carbonyl (C=O) groups is 1. The number of aryl methyl sites for hydroxylation is 1. The topological polar surface area (TPSA) is 56.1 Å². The molecule has 1 atom stereocenters. The highest BCUT2D eigenvalue weighted by Gasteiger charge is 2.21. The highest BCUT2D eigenvalue weighted by Crippen LogP contribution is 2.23. The quantitative estimate of drug-likeness (QED) is 0.750. The van der Waals surface area contributed by atoms with Gasteiger partial charge in [0.1, 0.15) is 17.6 Å². The van der Waals surface area contributed by atoms with Crippen LogP contribution in [0.1, 0.15) is 22.3 Å². The number of nitrogens with one attached hydrogen (secondary N) is 1. The van der Waals surface area contributed by atoms with Crippen LogP contribution in [0, 0.1) is 0 Å². The minimum atomic E-state index is -0.302. The summed E-state index contributed by atoms with van der Waals surface area (Å²) in [5.74, 6) is 1.54. The third-order valence-corrected chi connectivity index (χ3v) is 4.66. The van der Waals surface area contributed by atoms with Crippen LogP contribution in [0.25, 0.3) is 0 Å². The summed E-state index contributed by atoms with van der Waals surface area (Å²) in [7, 11) is 3.55. The molecule has 1 amide bonds. The molecule has 5 nitrogen and oxygen atoms in total. The molecular formula is C18H19N3O2S. The van der Waals surface area contributed by atoms with Gasteiger partial charge < -0.3 is 14.6 Å². The van der Waals surface area contributed by atoms with E-state index in [1.165, 1.54) is 0 Å². The zero-order valence-electron chi connectivity index (χ0n) is 13.6. The zero-order chi connectivity index (χ0) is 16.9. The van der Waals surface area contributed by atoms with Gasteiger partial charge in [-0.05, 0) is 29.1 Å². The number of methoxy groups -OCH3 is 1. The van der Waals surface area contributed by atoms with Gasteiger partial charge in [0.2, 0.25) is 5.91 Å². The van der Waals surface area contributed by atoms with Gasteiger partial charge >= 0.3 is 0 Å². The first kappa shape index (κ1) is 16.3. The second-order valence-electron chi connectivity index (χ2n) is 5.43. The lowest BCUT2D eigenvalue weighted by molar-refractivity contribution is -0.120. The Labute approximate surface area is 144 Å². The Hall–Kier alpha value is -2.60. The number of thiophene rings is 1. The van der Waals surface area contributed by atoms with E-state index in [2.05, 4.69) is 10.3 Å². The zero-order valence-corrected chi connectivity index (χ0v) is 14.4. The van der Waals surface area contributed by atoms with E-state index < -0.39 is 0 Å². The van der Waals surface area contributed by atoms with Crippen molar-refractivity contribution >= 4 is 17.2 Å². The van der Waals surface area contributed by atoms with Gasteiger partial charge in [0.25, 0.3) is 0 Å². The molecule has 0 radical (unpaired) electrons. The van der Waals surface area contributed by atoms with Crippen molar-refractivity contribution in [2.45, 2.75) is 12.5 Å². The largest absolute Gasteiger partial charge is 0.497 e. The average molecular weight is 341 g/mol. The number of imidazole rings is 1. The molecule has 6 heteroatoms. The fourth-order valence-electron chi connectivity index (χ4n) is 2.53. The third kappa shape index (κ3) is 3.65. The molecule has 1 N–H and O–H groups in total. The lowest BCUT2D eigenvalue weighted by atomic mass is 10.1. The van der Waals surface area contributed by atoms with Crippen LogP contribution >= 0.6 is 11.3 Å². The van der Waals surface area contributed by atoms with Crippen molar-refractivity contribution in [3.8, 4) is 5.75 Å². The molecule has 0 aliphatic carbocycles. The fourth-order valence-corrected chi connectivity index (χ4v) is 3.24. The van der Waals surface area contributed by atoms with Crippen LogP contribution in [0.5, 0.6) is 5.75 Å². The molecule has 2 aromatic heterocycles.